The number of halogens is 2. The molecule has 1 rings (SSSR count). The van der Waals surface area contributed by atoms with Crippen LogP contribution in [-0.4, -0.2) is 18.1 Å². The molecule has 0 aliphatic heterocycles. The Labute approximate surface area is 93.8 Å². The maximum atomic E-state index is 6.00. The molecule has 1 aromatic rings. The van der Waals surface area contributed by atoms with Crippen LogP contribution in [0, 0.1) is 0 Å². The van der Waals surface area contributed by atoms with Crippen molar-refractivity contribution >= 4 is 34.8 Å². The molecule has 2 N–H and O–H groups in total. The monoisotopic (exact) mass is 233 g/mol. The minimum Gasteiger partial charge on any atom is -0.382 e. The Bertz CT molecular complexity index is 339. The molecule has 0 aliphatic rings. The van der Waals surface area contributed by atoms with Gasteiger partial charge in [0.1, 0.15) is 11.6 Å². The van der Waals surface area contributed by atoms with Gasteiger partial charge in [-0.2, -0.15) is 0 Å². The molecule has 0 saturated heterocycles. The minimum atomic E-state index is 0.304. The van der Waals surface area contributed by atoms with Crippen molar-refractivity contribution in [3.8, 4) is 0 Å². The lowest BCUT2D eigenvalue weighted by Gasteiger charge is -2.23. The number of hydrogen-bond donors (Lipinski definition) is 1. The summed E-state index contributed by atoms with van der Waals surface area (Å²) in [6.07, 6.45) is 0. The molecule has 0 radical (unpaired) electrons. The van der Waals surface area contributed by atoms with E-state index >= 15 is 0 Å². The van der Waals surface area contributed by atoms with Gasteiger partial charge in [0.2, 0.25) is 0 Å². The van der Waals surface area contributed by atoms with Gasteiger partial charge in [-0.1, -0.05) is 23.2 Å². The Hall–Kier alpha value is -0.670. The van der Waals surface area contributed by atoms with Gasteiger partial charge in [-0.3, -0.25) is 0 Å². The smallest absolute Gasteiger partial charge is 0.149 e. The molecule has 3 nitrogen and oxygen atoms in total. The fourth-order valence-corrected chi connectivity index (χ4v) is 1.45. The van der Waals surface area contributed by atoms with Crippen LogP contribution in [0.2, 0.25) is 10.0 Å². The Morgan fingerprint density at radius 3 is 2.43 bits per heavy atom. The van der Waals surface area contributed by atoms with Crippen molar-refractivity contribution in [1.82, 2.24) is 4.98 Å². The summed E-state index contributed by atoms with van der Waals surface area (Å²) in [4.78, 5) is 6.07. The minimum absolute atomic E-state index is 0.304. The van der Waals surface area contributed by atoms with E-state index in [0.29, 0.717) is 27.7 Å². The highest BCUT2D eigenvalue weighted by Crippen LogP contribution is 2.29. The van der Waals surface area contributed by atoms with Crippen molar-refractivity contribution in [2.75, 3.05) is 17.7 Å². The van der Waals surface area contributed by atoms with Crippen LogP contribution in [0.3, 0.4) is 0 Å². The molecular formula is C9H13Cl2N3. The van der Waals surface area contributed by atoms with Gasteiger partial charge in [-0.15, -0.1) is 0 Å². The summed E-state index contributed by atoms with van der Waals surface area (Å²) in [6.45, 7) is 4.09. The van der Waals surface area contributed by atoms with Crippen molar-refractivity contribution in [3.05, 3.63) is 16.1 Å². The molecule has 0 fully saturated rings. The molecule has 5 heteroatoms. The first kappa shape index (κ1) is 11.4. The molecule has 0 saturated carbocycles. The topological polar surface area (TPSA) is 42.2 Å². The highest BCUT2D eigenvalue weighted by atomic mass is 35.5. The Morgan fingerprint density at radius 2 is 1.93 bits per heavy atom. The molecule has 0 amide bonds. The molecular weight excluding hydrogens is 221 g/mol. The molecule has 1 heterocycles. The van der Waals surface area contributed by atoms with Gasteiger partial charge in [0.25, 0.3) is 0 Å². The van der Waals surface area contributed by atoms with Gasteiger partial charge in [0, 0.05) is 13.1 Å². The number of anilines is 2. The molecule has 14 heavy (non-hydrogen) atoms. The van der Waals surface area contributed by atoms with Crippen molar-refractivity contribution in [1.29, 1.82) is 0 Å². The van der Waals surface area contributed by atoms with Crippen molar-refractivity contribution < 1.29 is 0 Å². The molecule has 0 atom stereocenters. The number of nitrogens with zero attached hydrogens (tertiary/aromatic N) is 2. The normalized spacial score (nSPS) is 10.7. The first-order valence-electron chi connectivity index (χ1n) is 4.27. The van der Waals surface area contributed by atoms with Crippen LogP contribution >= 0.6 is 23.2 Å². The van der Waals surface area contributed by atoms with Crippen LogP contribution in [0.1, 0.15) is 13.8 Å². The predicted molar refractivity (Wildman–Crippen MR) is 62.2 cm³/mol. The average Bonchev–Trinajstić information content (AvgIpc) is 2.10. The Balaban J connectivity index is 3.15. The van der Waals surface area contributed by atoms with E-state index in [2.05, 4.69) is 4.98 Å². The zero-order chi connectivity index (χ0) is 10.9. The van der Waals surface area contributed by atoms with Crippen molar-refractivity contribution in [2.24, 2.45) is 0 Å². The highest BCUT2D eigenvalue weighted by molar-refractivity contribution is 6.37. The SMILES string of the molecule is CC(C)N(C)c1nc(N)c(Cl)cc1Cl. The fourth-order valence-electron chi connectivity index (χ4n) is 0.963. The van der Waals surface area contributed by atoms with E-state index in [-0.39, 0.29) is 0 Å². The third-order valence-electron chi connectivity index (χ3n) is 2.05. The van der Waals surface area contributed by atoms with E-state index in [1.54, 1.807) is 6.07 Å². The van der Waals surface area contributed by atoms with E-state index in [0.717, 1.165) is 0 Å². The molecule has 1 aromatic heterocycles. The van der Waals surface area contributed by atoms with Gasteiger partial charge < -0.3 is 10.6 Å². The molecule has 0 spiro atoms. The van der Waals surface area contributed by atoms with Crippen LogP contribution in [0.4, 0.5) is 11.6 Å². The zero-order valence-electron chi connectivity index (χ0n) is 8.38. The summed E-state index contributed by atoms with van der Waals surface area (Å²) in [6, 6.07) is 1.92. The van der Waals surface area contributed by atoms with E-state index in [4.69, 9.17) is 28.9 Å². The summed E-state index contributed by atoms with van der Waals surface area (Å²) >= 11 is 11.8. The average molecular weight is 234 g/mol. The standard InChI is InChI=1S/C9H13Cl2N3/c1-5(2)14(3)9-7(11)4-6(10)8(12)13-9/h4-5H,1-3H3,(H2,12,13). The summed E-state index contributed by atoms with van der Waals surface area (Å²) < 4.78 is 0. The third kappa shape index (κ3) is 2.22. The van der Waals surface area contributed by atoms with Gasteiger partial charge >= 0.3 is 0 Å². The number of rotatable bonds is 2. The lowest BCUT2D eigenvalue weighted by molar-refractivity contribution is 0.744. The molecule has 0 aliphatic carbocycles. The van der Waals surface area contributed by atoms with Crippen LogP contribution in [0.25, 0.3) is 0 Å². The van der Waals surface area contributed by atoms with Gasteiger partial charge in [-0.25, -0.2) is 4.98 Å². The maximum Gasteiger partial charge on any atom is 0.149 e. The van der Waals surface area contributed by atoms with Gasteiger partial charge in [0.15, 0.2) is 0 Å². The highest BCUT2D eigenvalue weighted by Gasteiger charge is 2.13. The number of pyridine rings is 1. The molecule has 0 bridgehead atoms. The second-order valence-electron chi connectivity index (χ2n) is 3.37. The van der Waals surface area contributed by atoms with Crippen molar-refractivity contribution in [3.63, 3.8) is 0 Å². The first-order chi connectivity index (χ1) is 6.43. The molecule has 78 valence electrons. The number of hydrogen-bond acceptors (Lipinski definition) is 3. The lowest BCUT2D eigenvalue weighted by Crippen LogP contribution is -2.27. The second kappa shape index (κ2) is 4.24. The van der Waals surface area contributed by atoms with Crippen molar-refractivity contribution in [2.45, 2.75) is 19.9 Å². The summed E-state index contributed by atoms with van der Waals surface area (Å²) in [5, 5.41) is 0.899. The zero-order valence-corrected chi connectivity index (χ0v) is 9.89. The lowest BCUT2D eigenvalue weighted by atomic mass is 10.3. The second-order valence-corrected chi connectivity index (χ2v) is 4.18. The molecule has 0 aromatic carbocycles. The van der Waals surface area contributed by atoms with E-state index in [1.165, 1.54) is 0 Å². The Morgan fingerprint density at radius 1 is 1.36 bits per heavy atom. The van der Waals surface area contributed by atoms with Crippen LogP contribution in [-0.2, 0) is 0 Å². The number of nitrogens with two attached hydrogens (primary N) is 1. The maximum absolute atomic E-state index is 6.00. The predicted octanol–water partition coefficient (Wildman–Crippen LogP) is 2.82. The first-order valence-corrected chi connectivity index (χ1v) is 5.03. The summed E-state index contributed by atoms with van der Waals surface area (Å²) in [5.74, 6) is 0.960. The number of aromatic nitrogens is 1. The van der Waals surface area contributed by atoms with Crippen LogP contribution in [0.15, 0.2) is 6.07 Å². The van der Waals surface area contributed by atoms with Crippen LogP contribution in [0.5, 0.6) is 0 Å². The quantitative estimate of drug-likeness (QED) is 0.855. The molecule has 0 unspecified atom stereocenters. The van der Waals surface area contributed by atoms with Crippen LogP contribution < -0.4 is 10.6 Å². The fraction of sp³-hybridized carbons (Fsp3) is 0.444. The third-order valence-corrected chi connectivity index (χ3v) is 2.63. The number of nitrogen functional groups attached to an aromatic ring is 1. The largest absolute Gasteiger partial charge is 0.382 e. The Kier molecular flexibility index (Phi) is 3.45. The van der Waals surface area contributed by atoms with Gasteiger partial charge in [0.05, 0.1) is 10.0 Å². The van der Waals surface area contributed by atoms with E-state index in [1.807, 2.05) is 25.8 Å². The van der Waals surface area contributed by atoms with Gasteiger partial charge in [-0.05, 0) is 19.9 Å². The van der Waals surface area contributed by atoms with E-state index in [9.17, 15) is 0 Å². The summed E-state index contributed by atoms with van der Waals surface area (Å²) in [7, 11) is 1.91. The summed E-state index contributed by atoms with van der Waals surface area (Å²) in [5.41, 5.74) is 5.60. The van der Waals surface area contributed by atoms with E-state index < -0.39 is 0 Å².